The predicted octanol–water partition coefficient (Wildman–Crippen LogP) is 2.47. The van der Waals surface area contributed by atoms with E-state index in [1.807, 2.05) is 50.5 Å². The maximum Gasteiger partial charge on any atom is 0.414 e. The standard InChI is InChI=1S/C18H23NO2.C2H2O4/c1-19(2)12-13-20-14-15-21-18-11-7-6-10-17(18)16-8-4-3-5-9-16;3-1(4)2(5)6/h3-11H,12-15H2,1-2H3;(H,3,4)(H,5,6). The number of hydrogen-bond donors (Lipinski definition) is 2. The first-order chi connectivity index (χ1) is 12.9. The molecule has 0 saturated carbocycles. The summed E-state index contributed by atoms with van der Waals surface area (Å²) in [7, 11) is 4.08. The molecule has 0 amide bonds. The van der Waals surface area contributed by atoms with Crippen LogP contribution in [0.3, 0.4) is 0 Å². The van der Waals surface area contributed by atoms with Crippen LogP contribution in [0.1, 0.15) is 0 Å². The third-order valence-corrected chi connectivity index (χ3v) is 3.32. The fraction of sp³-hybridized carbons (Fsp3) is 0.300. The van der Waals surface area contributed by atoms with Crippen LogP contribution in [0, 0.1) is 0 Å². The maximum absolute atomic E-state index is 9.10. The molecule has 0 spiro atoms. The molecule has 0 atom stereocenters. The van der Waals surface area contributed by atoms with Crippen molar-refractivity contribution in [2.45, 2.75) is 0 Å². The molecule has 0 aliphatic heterocycles. The predicted molar refractivity (Wildman–Crippen MR) is 102 cm³/mol. The van der Waals surface area contributed by atoms with Crippen LogP contribution in [-0.2, 0) is 14.3 Å². The largest absolute Gasteiger partial charge is 0.491 e. The average Bonchev–Trinajstić information content (AvgIpc) is 2.66. The summed E-state index contributed by atoms with van der Waals surface area (Å²) in [6.07, 6.45) is 0. The van der Waals surface area contributed by atoms with Gasteiger partial charge in [0.05, 0.1) is 13.2 Å². The van der Waals surface area contributed by atoms with Crippen molar-refractivity contribution in [3.05, 3.63) is 54.6 Å². The molecule has 2 rings (SSSR count). The number of benzene rings is 2. The molecule has 2 N–H and O–H groups in total. The van der Waals surface area contributed by atoms with E-state index >= 15 is 0 Å². The number of carbonyl (C=O) groups is 2. The van der Waals surface area contributed by atoms with E-state index in [2.05, 4.69) is 23.1 Å². The van der Waals surface area contributed by atoms with Crippen molar-refractivity contribution >= 4 is 11.9 Å². The smallest absolute Gasteiger partial charge is 0.414 e. The first-order valence-corrected chi connectivity index (χ1v) is 8.37. The summed E-state index contributed by atoms with van der Waals surface area (Å²) in [6, 6.07) is 18.4. The van der Waals surface area contributed by atoms with E-state index in [4.69, 9.17) is 29.3 Å². The summed E-state index contributed by atoms with van der Waals surface area (Å²) in [4.78, 5) is 20.3. The second kappa shape index (κ2) is 12.5. The number of likely N-dealkylation sites (N-methyl/N-ethyl adjacent to an activating group) is 1. The van der Waals surface area contributed by atoms with Crippen LogP contribution in [0.2, 0.25) is 0 Å². The fourth-order valence-corrected chi connectivity index (χ4v) is 2.01. The summed E-state index contributed by atoms with van der Waals surface area (Å²) in [5.41, 5.74) is 2.29. The Kier molecular flexibility index (Phi) is 10.2. The van der Waals surface area contributed by atoms with Gasteiger partial charge in [-0.3, -0.25) is 0 Å². The third-order valence-electron chi connectivity index (χ3n) is 3.32. The van der Waals surface area contributed by atoms with Gasteiger partial charge in [-0.15, -0.1) is 0 Å². The first-order valence-electron chi connectivity index (χ1n) is 8.37. The van der Waals surface area contributed by atoms with Gasteiger partial charge in [0.25, 0.3) is 0 Å². The Labute approximate surface area is 158 Å². The molecule has 7 heteroatoms. The number of carboxylic acid groups (broad SMARTS) is 2. The number of ether oxygens (including phenoxy) is 2. The maximum atomic E-state index is 9.10. The molecule has 0 aliphatic carbocycles. The lowest BCUT2D eigenvalue weighted by molar-refractivity contribution is -0.159. The normalized spacial score (nSPS) is 10.0. The molecule has 0 heterocycles. The Morgan fingerprint density at radius 1 is 0.852 bits per heavy atom. The highest BCUT2D eigenvalue weighted by molar-refractivity contribution is 6.27. The van der Waals surface area contributed by atoms with Crippen molar-refractivity contribution in [2.75, 3.05) is 40.5 Å². The molecule has 0 bridgehead atoms. The molecule has 0 fully saturated rings. The molecule has 0 unspecified atom stereocenters. The highest BCUT2D eigenvalue weighted by atomic mass is 16.5. The van der Waals surface area contributed by atoms with Crippen LogP contribution in [0.5, 0.6) is 5.75 Å². The zero-order valence-electron chi connectivity index (χ0n) is 15.5. The number of aliphatic carboxylic acids is 2. The lowest BCUT2D eigenvalue weighted by atomic mass is 10.1. The summed E-state index contributed by atoms with van der Waals surface area (Å²) in [6.45, 7) is 2.84. The topological polar surface area (TPSA) is 96.3 Å². The van der Waals surface area contributed by atoms with E-state index in [-0.39, 0.29) is 0 Å². The summed E-state index contributed by atoms with van der Waals surface area (Å²) >= 11 is 0. The molecule has 0 saturated heterocycles. The highest BCUT2D eigenvalue weighted by Gasteiger charge is 2.05. The van der Waals surface area contributed by atoms with Crippen molar-refractivity contribution in [1.29, 1.82) is 0 Å². The van der Waals surface area contributed by atoms with E-state index in [9.17, 15) is 0 Å². The van der Waals surface area contributed by atoms with Crippen LogP contribution in [-0.4, -0.2) is 67.5 Å². The zero-order chi connectivity index (χ0) is 20.1. The molecule has 2 aromatic carbocycles. The summed E-state index contributed by atoms with van der Waals surface area (Å²) in [5, 5.41) is 14.8. The van der Waals surface area contributed by atoms with Gasteiger partial charge in [-0.2, -0.15) is 0 Å². The lowest BCUT2D eigenvalue weighted by Crippen LogP contribution is -2.19. The van der Waals surface area contributed by atoms with Crippen LogP contribution >= 0.6 is 0 Å². The van der Waals surface area contributed by atoms with Gasteiger partial charge < -0.3 is 24.6 Å². The minimum absolute atomic E-state index is 0.567. The van der Waals surface area contributed by atoms with E-state index in [0.29, 0.717) is 13.2 Å². The summed E-state index contributed by atoms with van der Waals surface area (Å²) < 4.78 is 11.4. The minimum atomic E-state index is -1.82. The highest BCUT2D eigenvalue weighted by Crippen LogP contribution is 2.29. The minimum Gasteiger partial charge on any atom is -0.491 e. The molecule has 2 aromatic rings. The van der Waals surface area contributed by atoms with Crippen molar-refractivity contribution in [2.24, 2.45) is 0 Å². The molecular formula is C20H25NO6. The number of hydrogen-bond acceptors (Lipinski definition) is 5. The Hall–Kier alpha value is -2.90. The van der Waals surface area contributed by atoms with Crippen LogP contribution in [0.25, 0.3) is 11.1 Å². The number of para-hydroxylation sites is 1. The number of carboxylic acids is 2. The molecule has 0 aromatic heterocycles. The van der Waals surface area contributed by atoms with Gasteiger partial charge in [-0.25, -0.2) is 9.59 Å². The molecule has 0 radical (unpaired) electrons. The Balaban J connectivity index is 0.000000527. The third kappa shape index (κ3) is 9.39. The van der Waals surface area contributed by atoms with Gasteiger partial charge in [-0.1, -0.05) is 48.5 Å². The van der Waals surface area contributed by atoms with Crippen molar-refractivity contribution < 1.29 is 29.3 Å². The zero-order valence-corrected chi connectivity index (χ0v) is 15.5. The summed E-state index contributed by atoms with van der Waals surface area (Å²) in [5.74, 6) is -2.75. The molecular weight excluding hydrogens is 350 g/mol. The SMILES string of the molecule is CN(C)CCOCCOc1ccccc1-c1ccccc1.O=C(O)C(=O)O. The monoisotopic (exact) mass is 375 g/mol. The lowest BCUT2D eigenvalue weighted by Gasteiger charge is -2.13. The van der Waals surface area contributed by atoms with Gasteiger partial charge in [0.1, 0.15) is 12.4 Å². The van der Waals surface area contributed by atoms with Crippen molar-refractivity contribution in [1.82, 2.24) is 4.90 Å². The van der Waals surface area contributed by atoms with Gasteiger partial charge >= 0.3 is 11.9 Å². The van der Waals surface area contributed by atoms with Gasteiger partial charge in [-0.05, 0) is 25.7 Å². The van der Waals surface area contributed by atoms with Gasteiger partial charge in [0.15, 0.2) is 0 Å². The van der Waals surface area contributed by atoms with Crippen molar-refractivity contribution in [3.63, 3.8) is 0 Å². The first kappa shape index (κ1) is 22.1. The van der Waals surface area contributed by atoms with Crippen LogP contribution in [0.4, 0.5) is 0 Å². The van der Waals surface area contributed by atoms with Crippen molar-refractivity contribution in [3.8, 4) is 16.9 Å². The van der Waals surface area contributed by atoms with Crippen LogP contribution in [0.15, 0.2) is 54.6 Å². The molecule has 0 aliphatic rings. The van der Waals surface area contributed by atoms with E-state index in [1.165, 1.54) is 5.56 Å². The quantitative estimate of drug-likeness (QED) is 0.540. The second-order valence-electron chi connectivity index (χ2n) is 5.74. The molecule has 27 heavy (non-hydrogen) atoms. The Morgan fingerprint density at radius 3 is 2.04 bits per heavy atom. The van der Waals surface area contributed by atoms with E-state index in [0.717, 1.165) is 24.5 Å². The fourth-order valence-electron chi connectivity index (χ4n) is 2.01. The number of nitrogens with zero attached hydrogens (tertiary/aromatic N) is 1. The van der Waals surface area contributed by atoms with Gasteiger partial charge in [0.2, 0.25) is 0 Å². The van der Waals surface area contributed by atoms with Gasteiger partial charge in [0, 0.05) is 12.1 Å². The number of rotatable bonds is 8. The van der Waals surface area contributed by atoms with E-state index < -0.39 is 11.9 Å². The van der Waals surface area contributed by atoms with E-state index in [1.54, 1.807) is 0 Å². The Morgan fingerprint density at radius 2 is 1.44 bits per heavy atom. The molecule has 146 valence electrons. The average molecular weight is 375 g/mol. The molecule has 7 nitrogen and oxygen atoms in total. The second-order valence-corrected chi connectivity index (χ2v) is 5.74. The Bertz CT molecular complexity index is 691. The van der Waals surface area contributed by atoms with Crippen LogP contribution < -0.4 is 4.74 Å².